The maximum Gasteiger partial charge on any atom is 0.321 e. The van der Waals surface area contributed by atoms with E-state index < -0.39 is 0 Å². The molecule has 1 atom stereocenters. The predicted molar refractivity (Wildman–Crippen MR) is 101 cm³/mol. The Morgan fingerprint density at radius 2 is 2.08 bits per heavy atom. The van der Waals surface area contributed by atoms with Gasteiger partial charge in [-0.15, -0.1) is 0 Å². The standard InChI is InChI=1S/C18H23N5O2S/c1-11-16(12(2)22-21-11)26-15-7-5-4-6-14(15)20-18(25)23-9-8-13(10-23)17(24)19-3/h4-7,13H,8-10H2,1-3H3,(H,19,24)(H,20,25)(H,21,22)/t13-/m1/s1. The molecular weight excluding hydrogens is 350 g/mol. The molecule has 0 radical (unpaired) electrons. The van der Waals surface area contributed by atoms with Gasteiger partial charge in [0.25, 0.3) is 0 Å². The third kappa shape index (κ3) is 3.85. The van der Waals surface area contributed by atoms with Crippen LogP contribution in [0.4, 0.5) is 10.5 Å². The minimum absolute atomic E-state index is 0.0119. The fraction of sp³-hybridized carbons (Fsp3) is 0.389. The molecule has 0 saturated carbocycles. The zero-order valence-corrected chi connectivity index (χ0v) is 15.9. The Morgan fingerprint density at radius 1 is 1.31 bits per heavy atom. The van der Waals surface area contributed by atoms with Gasteiger partial charge in [0.2, 0.25) is 5.91 Å². The highest BCUT2D eigenvalue weighted by molar-refractivity contribution is 7.99. The van der Waals surface area contributed by atoms with Gasteiger partial charge in [-0.05, 0) is 32.4 Å². The average Bonchev–Trinajstić information content (AvgIpc) is 3.25. The first-order valence-corrected chi connectivity index (χ1v) is 9.37. The zero-order chi connectivity index (χ0) is 18.7. The Morgan fingerprint density at radius 3 is 2.77 bits per heavy atom. The number of para-hydroxylation sites is 1. The number of anilines is 1. The number of rotatable bonds is 4. The molecular formula is C18H23N5O2S. The van der Waals surface area contributed by atoms with E-state index in [4.69, 9.17) is 0 Å². The molecule has 1 fully saturated rings. The van der Waals surface area contributed by atoms with Gasteiger partial charge in [-0.1, -0.05) is 23.9 Å². The molecule has 1 aliphatic rings. The van der Waals surface area contributed by atoms with Crippen molar-refractivity contribution in [1.29, 1.82) is 0 Å². The van der Waals surface area contributed by atoms with E-state index in [1.54, 1.807) is 23.7 Å². The maximum atomic E-state index is 12.6. The lowest BCUT2D eigenvalue weighted by atomic mass is 10.1. The van der Waals surface area contributed by atoms with Gasteiger partial charge >= 0.3 is 6.03 Å². The molecule has 1 aliphatic heterocycles. The van der Waals surface area contributed by atoms with Crippen molar-refractivity contribution in [3.63, 3.8) is 0 Å². The second-order valence-electron chi connectivity index (χ2n) is 6.34. The van der Waals surface area contributed by atoms with Crippen LogP contribution in [0.2, 0.25) is 0 Å². The first-order chi connectivity index (χ1) is 12.5. The minimum atomic E-state index is -0.176. The number of aryl methyl sites for hydroxylation is 2. The third-order valence-corrected chi connectivity index (χ3v) is 5.88. The topological polar surface area (TPSA) is 90.1 Å². The third-order valence-electron chi connectivity index (χ3n) is 4.49. The van der Waals surface area contributed by atoms with Crippen molar-refractivity contribution in [2.45, 2.75) is 30.1 Å². The van der Waals surface area contributed by atoms with E-state index in [1.165, 1.54) is 0 Å². The summed E-state index contributed by atoms with van der Waals surface area (Å²) in [6.45, 7) is 4.96. The molecule has 3 rings (SSSR count). The second kappa shape index (κ2) is 7.82. The van der Waals surface area contributed by atoms with Crippen LogP contribution in [0.5, 0.6) is 0 Å². The molecule has 2 aromatic rings. The summed E-state index contributed by atoms with van der Waals surface area (Å²) in [7, 11) is 1.62. The summed E-state index contributed by atoms with van der Waals surface area (Å²) in [6.07, 6.45) is 0.691. The zero-order valence-electron chi connectivity index (χ0n) is 15.1. The molecule has 26 heavy (non-hydrogen) atoms. The highest BCUT2D eigenvalue weighted by Gasteiger charge is 2.30. The van der Waals surface area contributed by atoms with Crippen LogP contribution in [0, 0.1) is 19.8 Å². The van der Waals surface area contributed by atoms with Gasteiger partial charge in [0.15, 0.2) is 0 Å². The molecule has 0 spiro atoms. The molecule has 3 amide bonds. The van der Waals surface area contributed by atoms with E-state index in [-0.39, 0.29) is 17.9 Å². The summed E-state index contributed by atoms with van der Waals surface area (Å²) in [4.78, 5) is 28.1. The predicted octanol–water partition coefficient (Wildman–Crippen LogP) is 2.78. The molecule has 0 unspecified atom stereocenters. The average molecular weight is 373 g/mol. The Bertz CT molecular complexity index is 800. The van der Waals surface area contributed by atoms with Crippen LogP contribution < -0.4 is 10.6 Å². The number of hydrogen-bond acceptors (Lipinski definition) is 4. The molecule has 1 aromatic heterocycles. The van der Waals surface area contributed by atoms with Gasteiger partial charge < -0.3 is 15.5 Å². The highest BCUT2D eigenvalue weighted by Crippen LogP contribution is 2.36. The number of urea groups is 1. The van der Waals surface area contributed by atoms with Crippen molar-refractivity contribution >= 4 is 29.4 Å². The van der Waals surface area contributed by atoms with Crippen LogP contribution in [0.25, 0.3) is 0 Å². The molecule has 8 heteroatoms. The number of nitrogens with one attached hydrogen (secondary N) is 3. The van der Waals surface area contributed by atoms with Crippen LogP contribution in [0.3, 0.4) is 0 Å². The van der Waals surface area contributed by atoms with Crippen LogP contribution in [0.1, 0.15) is 17.8 Å². The van der Waals surface area contributed by atoms with Crippen LogP contribution in [0.15, 0.2) is 34.1 Å². The fourth-order valence-corrected chi connectivity index (χ4v) is 4.00. The number of nitrogens with zero attached hydrogens (tertiary/aromatic N) is 2. The molecule has 0 aliphatic carbocycles. The summed E-state index contributed by atoms with van der Waals surface area (Å²) in [5.74, 6) is -0.145. The number of H-pyrrole nitrogens is 1. The van der Waals surface area contributed by atoms with Crippen LogP contribution >= 0.6 is 11.8 Å². The van der Waals surface area contributed by atoms with Crippen molar-refractivity contribution in [2.75, 3.05) is 25.5 Å². The second-order valence-corrected chi connectivity index (χ2v) is 7.39. The molecule has 1 aromatic carbocycles. The largest absolute Gasteiger partial charge is 0.359 e. The Kier molecular flexibility index (Phi) is 5.51. The van der Waals surface area contributed by atoms with E-state index in [0.717, 1.165) is 26.9 Å². The van der Waals surface area contributed by atoms with Crippen molar-refractivity contribution < 1.29 is 9.59 Å². The van der Waals surface area contributed by atoms with Gasteiger partial charge in [0.1, 0.15) is 0 Å². The van der Waals surface area contributed by atoms with Crippen molar-refractivity contribution in [1.82, 2.24) is 20.4 Å². The Labute approximate surface area is 156 Å². The number of carbonyl (C=O) groups is 2. The van der Waals surface area contributed by atoms with Gasteiger partial charge in [-0.25, -0.2) is 4.79 Å². The Hall–Kier alpha value is -2.48. The lowest BCUT2D eigenvalue weighted by Gasteiger charge is -2.18. The summed E-state index contributed by atoms with van der Waals surface area (Å²) < 4.78 is 0. The van der Waals surface area contributed by atoms with E-state index in [2.05, 4.69) is 20.8 Å². The molecule has 2 heterocycles. The Balaban J connectivity index is 1.71. The number of benzene rings is 1. The molecule has 1 saturated heterocycles. The van der Waals surface area contributed by atoms with E-state index in [1.807, 2.05) is 38.1 Å². The lowest BCUT2D eigenvalue weighted by Crippen LogP contribution is -2.35. The SMILES string of the molecule is CNC(=O)[C@@H]1CCN(C(=O)Nc2ccccc2Sc2c(C)n[nH]c2C)C1. The quantitative estimate of drug-likeness (QED) is 0.769. The minimum Gasteiger partial charge on any atom is -0.359 e. The normalized spacial score (nSPS) is 16.6. The van der Waals surface area contributed by atoms with Crippen molar-refractivity contribution in [3.8, 4) is 0 Å². The molecule has 7 nitrogen and oxygen atoms in total. The van der Waals surface area contributed by atoms with E-state index in [0.29, 0.717) is 19.5 Å². The number of aromatic amines is 1. The number of amides is 3. The van der Waals surface area contributed by atoms with E-state index >= 15 is 0 Å². The number of aromatic nitrogens is 2. The van der Waals surface area contributed by atoms with Gasteiger partial charge in [-0.3, -0.25) is 9.89 Å². The highest BCUT2D eigenvalue weighted by atomic mass is 32.2. The molecule has 0 bridgehead atoms. The monoisotopic (exact) mass is 373 g/mol. The first kappa shape index (κ1) is 18.3. The smallest absolute Gasteiger partial charge is 0.321 e. The fourth-order valence-electron chi connectivity index (χ4n) is 3.02. The maximum absolute atomic E-state index is 12.6. The van der Waals surface area contributed by atoms with Crippen molar-refractivity contribution in [3.05, 3.63) is 35.7 Å². The molecule has 3 N–H and O–H groups in total. The lowest BCUT2D eigenvalue weighted by molar-refractivity contribution is -0.124. The van der Waals surface area contributed by atoms with Gasteiger partial charge in [-0.2, -0.15) is 5.10 Å². The number of carbonyl (C=O) groups excluding carboxylic acids is 2. The first-order valence-electron chi connectivity index (χ1n) is 8.55. The van der Waals surface area contributed by atoms with Crippen LogP contribution in [-0.4, -0.2) is 47.2 Å². The summed E-state index contributed by atoms with van der Waals surface area (Å²) in [5.41, 5.74) is 2.69. The summed E-state index contributed by atoms with van der Waals surface area (Å²) in [5, 5.41) is 12.8. The van der Waals surface area contributed by atoms with Crippen molar-refractivity contribution in [2.24, 2.45) is 5.92 Å². The summed E-state index contributed by atoms with van der Waals surface area (Å²) in [6, 6.07) is 7.53. The number of likely N-dealkylation sites (tertiary alicyclic amines) is 1. The van der Waals surface area contributed by atoms with Gasteiger partial charge in [0.05, 0.1) is 22.2 Å². The van der Waals surface area contributed by atoms with Crippen LogP contribution in [-0.2, 0) is 4.79 Å². The van der Waals surface area contributed by atoms with E-state index in [9.17, 15) is 9.59 Å². The summed E-state index contributed by atoms with van der Waals surface area (Å²) >= 11 is 1.58. The van der Waals surface area contributed by atoms with Gasteiger partial charge in [0, 0.05) is 30.7 Å². The molecule has 138 valence electrons. The number of hydrogen-bond donors (Lipinski definition) is 3.